The molecule has 4 heteroatoms. The molecule has 1 aromatic heterocycles. The number of primary amides is 1. The van der Waals surface area contributed by atoms with Crippen molar-refractivity contribution < 1.29 is 4.79 Å². The Morgan fingerprint density at radius 3 is 3.08 bits per heavy atom. The molecular weight excluding hydrogens is 188 g/mol. The average molecular weight is 197 g/mol. The zero-order valence-electron chi connectivity index (χ0n) is 6.90. The Morgan fingerprint density at radius 2 is 2.46 bits per heavy atom. The Kier molecular flexibility index (Phi) is 3.46. The lowest BCUT2D eigenvalue weighted by Gasteiger charge is -1.94. The Hall–Kier alpha value is -1.35. The van der Waals surface area contributed by atoms with E-state index in [1.54, 1.807) is 30.6 Å². The standard InChI is InChI=1S/C9H9ClN2O/c10-8-4-5-12-6-7(8)2-1-3-9(11)13/h1-2,4-6H,3H2,(H2,11,13). The second-order valence-corrected chi connectivity index (χ2v) is 2.88. The van der Waals surface area contributed by atoms with Gasteiger partial charge in [0.2, 0.25) is 5.91 Å². The summed E-state index contributed by atoms with van der Waals surface area (Å²) in [6.45, 7) is 0. The van der Waals surface area contributed by atoms with E-state index in [1.165, 1.54) is 0 Å². The number of hydrogen-bond acceptors (Lipinski definition) is 2. The summed E-state index contributed by atoms with van der Waals surface area (Å²) >= 11 is 5.83. The molecular formula is C9H9ClN2O. The number of aromatic nitrogens is 1. The largest absolute Gasteiger partial charge is 0.369 e. The first-order valence-corrected chi connectivity index (χ1v) is 4.12. The minimum absolute atomic E-state index is 0.214. The molecule has 0 aliphatic rings. The second kappa shape index (κ2) is 4.62. The molecule has 0 spiro atoms. The maximum Gasteiger partial charge on any atom is 0.221 e. The predicted molar refractivity (Wildman–Crippen MR) is 52.1 cm³/mol. The third-order valence-electron chi connectivity index (χ3n) is 1.41. The van der Waals surface area contributed by atoms with Gasteiger partial charge in [-0.05, 0) is 6.07 Å². The van der Waals surface area contributed by atoms with Crippen LogP contribution in [0.2, 0.25) is 5.02 Å². The number of nitrogens with zero attached hydrogens (tertiary/aromatic N) is 1. The van der Waals surface area contributed by atoms with Crippen molar-refractivity contribution in [1.29, 1.82) is 0 Å². The van der Waals surface area contributed by atoms with Crippen LogP contribution in [-0.4, -0.2) is 10.9 Å². The lowest BCUT2D eigenvalue weighted by molar-refractivity contribution is -0.117. The van der Waals surface area contributed by atoms with Gasteiger partial charge in [0.1, 0.15) is 0 Å². The first-order chi connectivity index (χ1) is 6.20. The van der Waals surface area contributed by atoms with E-state index >= 15 is 0 Å². The summed E-state index contributed by atoms with van der Waals surface area (Å²) in [5, 5.41) is 0.607. The fourth-order valence-corrected chi connectivity index (χ4v) is 0.983. The zero-order valence-corrected chi connectivity index (χ0v) is 7.66. The minimum atomic E-state index is -0.365. The van der Waals surface area contributed by atoms with Crippen molar-refractivity contribution >= 4 is 23.6 Å². The quantitative estimate of drug-likeness (QED) is 0.799. The van der Waals surface area contributed by atoms with Gasteiger partial charge in [0.25, 0.3) is 0 Å². The van der Waals surface area contributed by atoms with Gasteiger partial charge in [-0.3, -0.25) is 9.78 Å². The van der Waals surface area contributed by atoms with Gasteiger partial charge in [-0.2, -0.15) is 0 Å². The number of halogens is 1. The Balaban J connectivity index is 2.68. The highest BCUT2D eigenvalue weighted by Gasteiger charge is 1.94. The third-order valence-corrected chi connectivity index (χ3v) is 1.76. The predicted octanol–water partition coefficient (Wildman–Crippen LogP) is 1.62. The van der Waals surface area contributed by atoms with Crippen molar-refractivity contribution in [2.45, 2.75) is 6.42 Å². The molecule has 0 aromatic carbocycles. The van der Waals surface area contributed by atoms with E-state index in [0.29, 0.717) is 5.02 Å². The van der Waals surface area contributed by atoms with E-state index in [4.69, 9.17) is 17.3 Å². The molecule has 0 aliphatic carbocycles. The molecule has 68 valence electrons. The van der Waals surface area contributed by atoms with Crippen molar-refractivity contribution in [3.63, 3.8) is 0 Å². The van der Waals surface area contributed by atoms with Crippen LogP contribution in [0.3, 0.4) is 0 Å². The third kappa shape index (κ3) is 3.25. The maximum absolute atomic E-state index is 10.4. The van der Waals surface area contributed by atoms with E-state index in [-0.39, 0.29) is 12.3 Å². The summed E-state index contributed by atoms with van der Waals surface area (Å²) in [6.07, 6.45) is 6.82. The summed E-state index contributed by atoms with van der Waals surface area (Å²) in [4.78, 5) is 14.3. The van der Waals surface area contributed by atoms with Crippen LogP contribution < -0.4 is 5.73 Å². The number of carbonyl (C=O) groups is 1. The van der Waals surface area contributed by atoms with Gasteiger partial charge >= 0.3 is 0 Å². The molecule has 13 heavy (non-hydrogen) atoms. The first kappa shape index (κ1) is 9.74. The summed E-state index contributed by atoms with van der Waals surface area (Å²) in [5.74, 6) is -0.365. The van der Waals surface area contributed by atoms with Gasteiger partial charge in [0, 0.05) is 24.4 Å². The van der Waals surface area contributed by atoms with E-state index in [0.717, 1.165) is 5.56 Å². The maximum atomic E-state index is 10.4. The summed E-state index contributed by atoms with van der Waals surface area (Å²) < 4.78 is 0. The van der Waals surface area contributed by atoms with Crippen molar-refractivity contribution in [1.82, 2.24) is 4.98 Å². The first-order valence-electron chi connectivity index (χ1n) is 3.74. The van der Waals surface area contributed by atoms with Gasteiger partial charge in [0.15, 0.2) is 0 Å². The van der Waals surface area contributed by atoms with Crippen molar-refractivity contribution in [3.8, 4) is 0 Å². The molecule has 0 aliphatic heterocycles. The van der Waals surface area contributed by atoms with Crippen LogP contribution in [0, 0.1) is 0 Å². The monoisotopic (exact) mass is 196 g/mol. The molecule has 1 amide bonds. The van der Waals surface area contributed by atoms with Gasteiger partial charge in [-0.25, -0.2) is 0 Å². The molecule has 1 heterocycles. The van der Waals surface area contributed by atoms with Crippen LogP contribution in [0.4, 0.5) is 0 Å². The molecule has 0 radical (unpaired) electrons. The number of nitrogens with two attached hydrogens (primary N) is 1. The van der Waals surface area contributed by atoms with E-state index in [9.17, 15) is 4.79 Å². The van der Waals surface area contributed by atoms with Crippen LogP contribution in [0.1, 0.15) is 12.0 Å². The van der Waals surface area contributed by atoms with Crippen molar-refractivity contribution in [2.24, 2.45) is 5.73 Å². The van der Waals surface area contributed by atoms with Crippen LogP contribution in [0.25, 0.3) is 6.08 Å². The molecule has 0 atom stereocenters. The lowest BCUT2D eigenvalue weighted by Crippen LogP contribution is -2.07. The van der Waals surface area contributed by atoms with Crippen molar-refractivity contribution in [3.05, 3.63) is 35.1 Å². The highest BCUT2D eigenvalue weighted by molar-refractivity contribution is 6.32. The molecule has 0 unspecified atom stereocenters. The minimum Gasteiger partial charge on any atom is -0.369 e. The Bertz CT molecular complexity index is 336. The van der Waals surface area contributed by atoms with Crippen LogP contribution in [-0.2, 0) is 4.79 Å². The number of amides is 1. The zero-order chi connectivity index (χ0) is 9.68. The number of carbonyl (C=O) groups excluding carboxylic acids is 1. The Labute approximate surface area is 81.2 Å². The highest BCUT2D eigenvalue weighted by Crippen LogP contribution is 2.14. The lowest BCUT2D eigenvalue weighted by atomic mass is 10.2. The smallest absolute Gasteiger partial charge is 0.221 e. The molecule has 2 N–H and O–H groups in total. The number of pyridine rings is 1. The van der Waals surface area contributed by atoms with Crippen LogP contribution in [0.5, 0.6) is 0 Å². The van der Waals surface area contributed by atoms with E-state index < -0.39 is 0 Å². The number of rotatable bonds is 3. The number of hydrogen-bond donors (Lipinski definition) is 1. The highest BCUT2D eigenvalue weighted by atomic mass is 35.5. The van der Waals surface area contributed by atoms with E-state index in [1.807, 2.05) is 0 Å². The second-order valence-electron chi connectivity index (χ2n) is 2.47. The molecule has 0 bridgehead atoms. The summed E-state index contributed by atoms with van der Waals surface area (Å²) in [7, 11) is 0. The van der Waals surface area contributed by atoms with Gasteiger partial charge in [0.05, 0.1) is 5.02 Å². The normalized spacial score (nSPS) is 10.5. The van der Waals surface area contributed by atoms with Gasteiger partial charge in [-0.15, -0.1) is 0 Å². The van der Waals surface area contributed by atoms with E-state index in [2.05, 4.69) is 4.98 Å². The molecule has 1 rings (SSSR count). The van der Waals surface area contributed by atoms with Crippen LogP contribution >= 0.6 is 11.6 Å². The topological polar surface area (TPSA) is 56.0 Å². The van der Waals surface area contributed by atoms with Crippen LogP contribution in [0.15, 0.2) is 24.5 Å². The summed E-state index contributed by atoms with van der Waals surface area (Å²) in [5.41, 5.74) is 5.74. The fourth-order valence-electron chi connectivity index (χ4n) is 0.814. The van der Waals surface area contributed by atoms with Crippen molar-refractivity contribution in [2.75, 3.05) is 0 Å². The SMILES string of the molecule is NC(=O)CC=Cc1cnccc1Cl. The molecule has 3 nitrogen and oxygen atoms in total. The fraction of sp³-hybridized carbons (Fsp3) is 0.111. The molecule has 0 saturated carbocycles. The molecule has 0 saturated heterocycles. The molecule has 0 fully saturated rings. The molecule has 1 aromatic rings. The Morgan fingerprint density at radius 1 is 1.69 bits per heavy atom. The summed E-state index contributed by atoms with van der Waals surface area (Å²) in [6, 6.07) is 1.69. The van der Waals surface area contributed by atoms with Gasteiger partial charge in [-0.1, -0.05) is 23.8 Å². The average Bonchev–Trinajstić information content (AvgIpc) is 2.08. The van der Waals surface area contributed by atoms with Gasteiger partial charge < -0.3 is 5.73 Å².